The van der Waals surface area contributed by atoms with E-state index in [2.05, 4.69) is 4.74 Å². The van der Waals surface area contributed by atoms with Gasteiger partial charge in [-0.25, -0.2) is 8.78 Å². The maximum absolute atomic E-state index is 13.2. The zero-order valence-electron chi connectivity index (χ0n) is 14.5. The smallest absolute Gasteiger partial charge is 0.368 e. The second-order valence-corrected chi connectivity index (χ2v) is 6.10. The summed E-state index contributed by atoms with van der Waals surface area (Å²) >= 11 is 0. The molecule has 0 rings (SSSR count). The molecule has 0 spiro atoms. The molecular formula is C12H6F20O. The van der Waals surface area contributed by atoms with Gasteiger partial charge in [0, 0.05) is 0 Å². The molecule has 0 bridgehead atoms. The van der Waals surface area contributed by atoms with Crippen LogP contribution in [-0.2, 0) is 4.74 Å². The van der Waals surface area contributed by atoms with Crippen molar-refractivity contribution in [2.45, 2.75) is 60.2 Å². The molecule has 2 unspecified atom stereocenters. The molecule has 0 aliphatic carbocycles. The Labute approximate surface area is 167 Å². The van der Waals surface area contributed by atoms with Crippen LogP contribution in [0.4, 0.5) is 87.8 Å². The summed E-state index contributed by atoms with van der Waals surface area (Å²) < 4.78 is 255. The Balaban J connectivity index is 5.70. The average Bonchev–Trinajstić information content (AvgIpc) is 2.57. The Kier molecular flexibility index (Phi) is 8.27. The molecule has 0 saturated carbocycles. The summed E-state index contributed by atoms with van der Waals surface area (Å²) in [6.07, 6.45) is -25.7. The number of hydrogen-bond acceptors (Lipinski definition) is 1. The van der Waals surface area contributed by atoms with Gasteiger partial charge in [0.05, 0.1) is 0 Å². The molecule has 200 valence electrons. The number of rotatable bonds is 10. The van der Waals surface area contributed by atoms with Crippen LogP contribution in [-0.4, -0.2) is 73.4 Å². The van der Waals surface area contributed by atoms with Gasteiger partial charge in [-0.1, -0.05) is 0 Å². The molecule has 0 aliphatic heterocycles. The molecule has 33 heavy (non-hydrogen) atoms. The van der Waals surface area contributed by atoms with E-state index in [1.54, 1.807) is 0 Å². The normalized spacial score (nSPS) is 17.8. The lowest BCUT2D eigenvalue weighted by molar-refractivity contribution is -0.373. The lowest BCUT2D eigenvalue weighted by atomic mass is 9.99. The van der Waals surface area contributed by atoms with E-state index in [9.17, 15) is 87.8 Å². The highest BCUT2D eigenvalue weighted by molar-refractivity contribution is 5.04. The molecule has 0 aromatic rings. The van der Waals surface area contributed by atoms with E-state index in [1.807, 2.05) is 0 Å². The highest BCUT2D eigenvalue weighted by atomic mass is 19.4. The summed E-state index contributed by atoms with van der Waals surface area (Å²) in [5.41, 5.74) is 0. The largest absolute Gasteiger partial charge is 0.425 e. The molecule has 0 aromatic carbocycles. The zero-order valence-corrected chi connectivity index (χ0v) is 14.5. The Morgan fingerprint density at radius 1 is 0.424 bits per heavy atom. The van der Waals surface area contributed by atoms with Crippen molar-refractivity contribution < 1.29 is 92.5 Å². The summed E-state index contributed by atoms with van der Waals surface area (Å²) in [5.74, 6) is -43.1. The van der Waals surface area contributed by atoms with Crippen LogP contribution < -0.4 is 0 Å². The highest BCUT2D eigenvalue weighted by Gasteiger charge is 2.80. The fraction of sp³-hybridized carbons (Fsp3) is 1.00. The quantitative estimate of drug-likeness (QED) is 0.280. The Bertz CT molecular complexity index is 603. The van der Waals surface area contributed by atoms with E-state index in [0.29, 0.717) is 0 Å². The van der Waals surface area contributed by atoms with Gasteiger partial charge in [-0.15, -0.1) is 0 Å². The number of ether oxygens (including phenoxy) is 1. The molecule has 1 nitrogen and oxygen atoms in total. The maximum Gasteiger partial charge on any atom is 0.425 e. The fourth-order valence-electron chi connectivity index (χ4n) is 1.71. The summed E-state index contributed by atoms with van der Waals surface area (Å²) in [6, 6.07) is 0. The van der Waals surface area contributed by atoms with Crippen molar-refractivity contribution in [3.63, 3.8) is 0 Å². The SMILES string of the molecule is FC(C(F)(F)F)C(F)(F)C(F)(F)C(F)(F)COCC(F)(F)C(F)(F)C(F)(F)C(F)C(F)(F)F. The summed E-state index contributed by atoms with van der Waals surface area (Å²) in [4.78, 5) is 0. The van der Waals surface area contributed by atoms with Crippen molar-refractivity contribution in [3.8, 4) is 0 Å². The Morgan fingerprint density at radius 2 is 0.636 bits per heavy atom. The summed E-state index contributed by atoms with van der Waals surface area (Å²) in [6.45, 7) is -7.37. The Hall–Kier alpha value is -1.44. The van der Waals surface area contributed by atoms with Crippen LogP contribution in [0.5, 0.6) is 0 Å². The Morgan fingerprint density at radius 3 is 0.818 bits per heavy atom. The van der Waals surface area contributed by atoms with Gasteiger partial charge in [-0.2, -0.15) is 79.0 Å². The number of hydrogen-bond donors (Lipinski definition) is 0. The van der Waals surface area contributed by atoms with Crippen LogP contribution in [0.2, 0.25) is 0 Å². The van der Waals surface area contributed by atoms with Gasteiger partial charge < -0.3 is 4.74 Å². The topological polar surface area (TPSA) is 9.23 Å². The predicted octanol–water partition coefficient (Wildman–Crippen LogP) is 6.62. The first kappa shape index (κ1) is 31.6. The van der Waals surface area contributed by atoms with Gasteiger partial charge in [0.2, 0.25) is 0 Å². The molecule has 0 fully saturated rings. The van der Waals surface area contributed by atoms with Crippen molar-refractivity contribution in [2.24, 2.45) is 0 Å². The molecule has 0 N–H and O–H groups in total. The standard InChI is InChI=1S/C12H6F20O/c13-3(9(23,24)25)7(19,20)11(29,30)5(15,16)1-33-2-6(17,18)12(31,32)8(21,22)4(14)10(26,27)28/h3-4H,1-2H2. The van der Waals surface area contributed by atoms with E-state index < -0.39 is 73.4 Å². The van der Waals surface area contributed by atoms with Gasteiger partial charge in [0.1, 0.15) is 13.2 Å². The van der Waals surface area contributed by atoms with Crippen LogP contribution in [0, 0.1) is 0 Å². The molecule has 0 aliphatic rings. The third-order valence-corrected chi connectivity index (χ3v) is 3.53. The lowest BCUT2D eigenvalue weighted by Gasteiger charge is -2.36. The molecular weight excluding hydrogens is 540 g/mol. The number of alkyl halides is 20. The second-order valence-electron chi connectivity index (χ2n) is 6.10. The third-order valence-electron chi connectivity index (χ3n) is 3.53. The van der Waals surface area contributed by atoms with E-state index in [1.165, 1.54) is 0 Å². The molecule has 0 amide bonds. The molecule has 0 radical (unpaired) electrons. The monoisotopic (exact) mass is 546 g/mol. The van der Waals surface area contributed by atoms with E-state index in [-0.39, 0.29) is 0 Å². The van der Waals surface area contributed by atoms with Crippen molar-refractivity contribution >= 4 is 0 Å². The number of halogens is 20. The predicted molar refractivity (Wildman–Crippen MR) is 62.4 cm³/mol. The lowest BCUT2D eigenvalue weighted by Crippen LogP contribution is -2.64. The highest BCUT2D eigenvalue weighted by Crippen LogP contribution is 2.53. The van der Waals surface area contributed by atoms with Crippen LogP contribution in [0.25, 0.3) is 0 Å². The maximum atomic E-state index is 13.2. The minimum absolute atomic E-state index is 2.72. The molecule has 21 heteroatoms. The van der Waals surface area contributed by atoms with Crippen LogP contribution in [0.15, 0.2) is 0 Å². The van der Waals surface area contributed by atoms with Crippen LogP contribution in [0.3, 0.4) is 0 Å². The van der Waals surface area contributed by atoms with Gasteiger partial charge in [0.25, 0.3) is 12.3 Å². The fourth-order valence-corrected chi connectivity index (χ4v) is 1.71. The van der Waals surface area contributed by atoms with E-state index >= 15 is 0 Å². The first-order valence-corrected chi connectivity index (χ1v) is 7.28. The van der Waals surface area contributed by atoms with Crippen molar-refractivity contribution in [1.29, 1.82) is 0 Å². The van der Waals surface area contributed by atoms with Crippen molar-refractivity contribution in [1.82, 2.24) is 0 Å². The van der Waals surface area contributed by atoms with Gasteiger partial charge in [0.15, 0.2) is 0 Å². The third kappa shape index (κ3) is 5.63. The molecule has 0 heterocycles. The van der Waals surface area contributed by atoms with Gasteiger partial charge >= 0.3 is 47.9 Å². The summed E-state index contributed by atoms with van der Waals surface area (Å²) in [7, 11) is 0. The van der Waals surface area contributed by atoms with Gasteiger partial charge in [-0.3, -0.25) is 0 Å². The first-order valence-electron chi connectivity index (χ1n) is 7.28. The minimum atomic E-state index is -7.43. The second kappa shape index (κ2) is 8.65. The van der Waals surface area contributed by atoms with E-state index in [4.69, 9.17) is 0 Å². The zero-order chi connectivity index (χ0) is 27.3. The van der Waals surface area contributed by atoms with E-state index in [0.717, 1.165) is 0 Å². The minimum Gasteiger partial charge on any atom is -0.368 e. The average molecular weight is 546 g/mol. The molecule has 2 atom stereocenters. The van der Waals surface area contributed by atoms with Crippen molar-refractivity contribution in [3.05, 3.63) is 0 Å². The first-order chi connectivity index (χ1) is 14.0. The van der Waals surface area contributed by atoms with Gasteiger partial charge in [-0.05, 0) is 0 Å². The van der Waals surface area contributed by atoms with Crippen LogP contribution in [0.1, 0.15) is 0 Å². The van der Waals surface area contributed by atoms with Crippen LogP contribution >= 0.6 is 0 Å². The summed E-state index contributed by atoms with van der Waals surface area (Å²) in [5, 5.41) is 0. The molecule has 0 saturated heterocycles. The van der Waals surface area contributed by atoms with Crippen molar-refractivity contribution in [2.75, 3.05) is 13.2 Å². The molecule has 0 aromatic heterocycles.